The van der Waals surface area contributed by atoms with E-state index in [0.717, 1.165) is 12.0 Å². The lowest BCUT2D eigenvalue weighted by Gasteiger charge is -2.43. The molecular formula is C11H21N. The van der Waals surface area contributed by atoms with Gasteiger partial charge in [0.1, 0.15) is 0 Å². The van der Waals surface area contributed by atoms with E-state index >= 15 is 0 Å². The third-order valence-corrected chi connectivity index (χ3v) is 3.67. The van der Waals surface area contributed by atoms with Gasteiger partial charge in [0, 0.05) is 6.04 Å². The van der Waals surface area contributed by atoms with Crippen molar-refractivity contribution in [2.45, 2.75) is 52.0 Å². The van der Waals surface area contributed by atoms with Gasteiger partial charge in [0.15, 0.2) is 0 Å². The Labute approximate surface area is 75.9 Å². The van der Waals surface area contributed by atoms with Gasteiger partial charge in [-0.15, -0.1) is 0 Å². The van der Waals surface area contributed by atoms with Crippen LogP contribution in [0.2, 0.25) is 0 Å². The fourth-order valence-corrected chi connectivity index (χ4v) is 2.96. The third kappa shape index (κ3) is 1.66. The molecular weight excluding hydrogens is 146 g/mol. The predicted molar refractivity (Wildman–Crippen MR) is 52.1 cm³/mol. The van der Waals surface area contributed by atoms with Crippen LogP contribution in [0.5, 0.6) is 0 Å². The molecule has 1 heteroatoms. The van der Waals surface area contributed by atoms with Crippen molar-refractivity contribution in [1.82, 2.24) is 5.32 Å². The molecule has 2 fully saturated rings. The second-order valence-corrected chi connectivity index (χ2v) is 5.37. The molecule has 1 saturated heterocycles. The van der Waals surface area contributed by atoms with Gasteiger partial charge in [-0.2, -0.15) is 0 Å². The molecule has 1 heterocycles. The first-order valence-electron chi connectivity index (χ1n) is 5.41. The molecule has 2 atom stereocenters. The Kier molecular flexibility index (Phi) is 2.16. The Morgan fingerprint density at radius 3 is 2.92 bits per heavy atom. The molecule has 2 rings (SSSR count). The van der Waals surface area contributed by atoms with Crippen molar-refractivity contribution in [2.75, 3.05) is 6.54 Å². The average Bonchev–Trinajstić information content (AvgIpc) is 2.02. The molecule has 0 spiro atoms. The van der Waals surface area contributed by atoms with E-state index in [0.29, 0.717) is 5.41 Å². The quantitative estimate of drug-likeness (QED) is 0.584. The highest BCUT2D eigenvalue weighted by Gasteiger charge is 2.35. The van der Waals surface area contributed by atoms with Crippen LogP contribution in [-0.2, 0) is 0 Å². The van der Waals surface area contributed by atoms with Crippen LogP contribution in [0.4, 0.5) is 0 Å². The summed E-state index contributed by atoms with van der Waals surface area (Å²) in [4.78, 5) is 0. The molecule has 12 heavy (non-hydrogen) atoms. The van der Waals surface area contributed by atoms with Crippen LogP contribution in [0.3, 0.4) is 0 Å². The highest BCUT2D eigenvalue weighted by molar-refractivity contribution is 4.90. The maximum atomic E-state index is 3.66. The zero-order valence-corrected chi connectivity index (χ0v) is 8.40. The van der Waals surface area contributed by atoms with Crippen molar-refractivity contribution >= 4 is 0 Å². The van der Waals surface area contributed by atoms with Gasteiger partial charge < -0.3 is 5.32 Å². The van der Waals surface area contributed by atoms with E-state index in [-0.39, 0.29) is 0 Å². The van der Waals surface area contributed by atoms with Gasteiger partial charge in [0.25, 0.3) is 0 Å². The van der Waals surface area contributed by atoms with Crippen molar-refractivity contribution in [3.8, 4) is 0 Å². The van der Waals surface area contributed by atoms with Crippen LogP contribution in [0, 0.1) is 11.3 Å². The summed E-state index contributed by atoms with van der Waals surface area (Å²) in [5, 5.41) is 3.66. The number of hydrogen-bond acceptors (Lipinski definition) is 1. The SMILES string of the molecule is CC1(C)CC[C@@H]2NCCC[C@H]2C1. The van der Waals surface area contributed by atoms with E-state index < -0.39 is 0 Å². The Morgan fingerprint density at radius 2 is 2.08 bits per heavy atom. The minimum atomic E-state index is 0.625. The summed E-state index contributed by atoms with van der Waals surface area (Å²) in [6.45, 7) is 6.12. The van der Waals surface area contributed by atoms with Crippen LogP contribution in [0.1, 0.15) is 46.0 Å². The van der Waals surface area contributed by atoms with Crippen molar-refractivity contribution in [3.63, 3.8) is 0 Å². The molecule has 0 unspecified atom stereocenters. The number of fused-ring (bicyclic) bond motifs is 1. The van der Waals surface area contributed by atoms with Gasteiger partial charge in [-0.05, 0) is 50.0 Å². The topological polar surface area (TPSA) is 12.0 Å². The smallest absolute Gasteiger partial charge is 0.00957 e. The molecule has 1 N–H and O–H groups in total. The van der Waals surface area contributed by atoms with Crippen molar-refractivity contribution in [3.05, 3.63) is 0 Å². The standard InChI is InChI=1S/C11H21N/c1-11(2)6-5-10-9(8-11)4-3-7-12-10/h9-10,12H,3-8H2,1-2H3/t9-,10-/m0/s1. The van der Waals surface area contributed by atoms with E-state index in [1.165, 1.54) is 38.6 Å². The fraction of sp³-hybridized carbons (Fsp3) is 1.00. The van der Waals surface area contributed by atoms with Gasteiger partial charge >= 0.3 is 0 Å². The zero-order valence-electron chi connectivity index (χ0n) is 8.40. The van der Waals surface area contributed by atoms with Crippen LogP contribution in [-0.4, -0.2) is 12.6 Å². The second-order valence-electron chi connectivity index (χ2n) is 5.37. The van der Waals surface area contributed by atoms with Gasteiger partial charge in [-0.1, -0.05) is 13.8 Å². The molecule has 0 radical (unpaired) electrons. The van der Waals surface area contributed by atoms with Crippen molar-refractivity contribution in [1.29, 1.82) is 0 Å². The second kappa shape index (κ2) is 3.02. The molecule has 1 aliphatic carbocycles. The number of nitrogens with one attached hydrogen (secondary N) is 1. The van der Waals surface area contributed by atoms with E-state index in [4.69, 9.17) is 0 Å². The Bertz CT molecular complexity index is 162. The predicted octanol–water partition coefficient (Wildman–Crippen LogP) is 2.56. The molecule has 0 bridgehead atoms. The third-order valence-electron chi connectivity index (χ3n) is 3.67. The van der Waals surface area contributed by atoms with Crippen LogP contribution in [0.15, 0.2) is 0 Å². The molecule has 0 aromatic carbocycles. The Hall–Kier alpha value is -0.0400. The Morgan fingerprint density at radius 1 is 1.25 bits per heavy atom. The summed E-state index contributed by atoms with van der Waals surface area (Å²) in [6, 6.07) is 0.867. The maximum Gasteiger partial charge on any atom is 0.00957 e. The number of rotatable bonds is 0. The summed E-state index contributed by atoms with van der Waals surface area (Å²) in [7, 11) is 0. The normalized spacial score (nSPS) is 40.5. The lowest BCUT2D eigenvalue weighted by atomic mass is 9.67. The van der Waals surface area contributed by atoms with Gasteiger partial charge in [0.05, 0.1) is 0 Å². The first-order chi connectivity index (χ1) is 5.67. The minimum Gasteiger partial charge on any atom is -0.314 e. The molecule has 0 amide bonds. The number of hydrogen-bond donors (Lipinski definition) is 1. The highest BCUT2D eigenvalue weighted by atomic mass is 14.9. The van der Waals surface area contributed by atoms with E-state index in [9.17, 15) is 0 Å². The van der Waals surface area contributed by atoms with Crippen molar-refractivity contribution in [2.24, 2.45) is 11.3 Å². The van der Waals surface area contributed by atoms with Crippen LogP contribution in [0.25, 0.3) is 0 Å². The first-order valence-corrected chi connectivity index (χ1v) is 5.41. The summed E-state index contributed by atoms with van der Waals surface area (Å²) in [5.41, 5.74) is 0.625. The van der Waals surface area contributed by atoms with Crippen molar-refractivity contribution < 1.29 is 0 Å². The molecule has 70 valence electrons. The molecule has 1 saturated carbocycles. The lowest BCUT2D eigenvalue weighted by molar-refractivity contribution is 0.112. The molecule has 0 aromatic heterocycles. The van der Waals surface area contributed by atoms with Gasteiger partial charge in [-0.25, -0.2) is 0 Å². The maximum absolute atomic E-state index is 3.66. The summed E-state index contributed by atoms with van der Waals surface area (Å²) < 4.78 is 0. The van der Waals surface area contributed by atoms with Gasteiger partial charge in [0.2, 0.25) is 0 Å². The number of piperidine rings is 1. The summed E-state index contributed by atoms with van der Waals surface area (Å²) in [5.74, 6) is 0.988. The van der Waals surface area contributed by atoms with Crippen LogP contribution < -0.4 is 5.32 Å². The van der Waals surface area contributed by atoms with Crippen LogP contribution >= 0.6 is 0 Å². The van der Waals surface area contributed by atoms with E-state index in [1.54, 1.807) is 0 Å². The van der Waals surface area contributed by atoms with E-state index in [1.807, 2.05) is 0 Å². The average molecular weight is 167 g/mol. The molecule has 0 aromatic rings. The monoisotopic (exact) mass is 167 g/mol. The first kappa shape index (κ1) is 8.55. The molecule has 1 aliphatic heterocycles. The van der Waals surface area contributed by atoms with E-state index in [2.05, 4.69) is 19.2 Å². The largest absolute Gasteiger partial charge is 0.314 e. The Balaban J connectivity index is 1.99. The lowest BCUT2D eigenvalue weighted by Crippen LogP contribution is -2.46. The summed E-state index contributed by atoms with van der Waals surface area (Å²) in [6.07, 6.45) is 7.15. The minimum absolute atomic E-state index is 0.625. The summed E-state index contributed by atoms with van der Waals surface area (Å²) >= 11 is 0. The molecule has 2 aliphatic rings. The highest BCUT2D eigenvalue weighted by Crippen LogP contribution is 2.41. The van der Waals surface area contributed by atoms with Gasteiger partial charge in [-0.3, -0.25) is 0 Å². The zero-order chi connectivity index (χ0) is 8.60. The molecule has 1 nitrogen and oxygen atoms in total. The fourth-order valence-electron chi connectivity index (χ4n) is 2.96.